The van der Waals surface area contributed by atoms with Crippen LogP contribution in [0.3, 0.4) is 0 Å². The van der Waals surface area contributed by atoms with Gasteiger partial charge in [0, 0.05) is 30.3 Å². The standard InChI is InChI=1S/C14H17N3OS/c18-13(10-6-8-1-2-9(10)5-8)17-14-16-11-3-4-15-7-12(11)19-14/h1-2,8-10,15H,3-7H2,(H,16,17,18). The first-order valence-electron chi connectivity index (χ1n) is 6.98. The summed E-state index contributed by atoms with van der Waals surface area (Å²) >= 11 is 1.62. The van der Waals surface area contributed by atoms with Crippen molar-refractivity contribution in [2.45, 2.75) is 25.8 Å². The maximum absolute atomic E-state index is 12.3. The quantitative estimate of drug-likeness (QED) is 0.811. The van der Waals surface area contributed by atoms with Crippen LogP contribution in [-0.4, -0.2) is 17.4 Å². The third-order valence-corrected chi connectivity index (χ3v) is 5.46. The van der Waals surface area contributed by atoms with Gasteiger partial charge in [-0.25, -0.2) is 4.98 Å². The fourth-order valence-corrected chi connectivity index (χ4v) is 4.44. The van der Waals surface area contributed by atoms with Crippen LogP contribution in [0.2, 0.25) is 0 Å². The molecule has 4 nitrogen and oxygen atoms in total. The number of hydrogen-bond donors (Lipinski definition) is 2. The molecule has 3 unspecified atom stereocenters. The Morgan fingerprint density at radius 3 is 3.11 bits per heavy atom. The van der Waals surface area contributed by atoms with Gasteiger partial charge >= 0.3 is 0 Å². The van der Waals surface area contributed by atoms with Crippen LogP contribution in [0.1, 0.15) is 23.4 Å². The number of fused-ring (bicyclic) bond motifs is 3. The normalized spacial score (nSPS) is 31.5. The van der Waals surface area contributed by atoms with E-state index in [1.165, 1.54) is 4.88 Å². The molecular formula is C14H17N3OS. The van der Waals surface area contributed by atoms with Gasteiger partial charge in [-0.3, -0.25) is 4.79 Å². The molecule has 0 saturated heterocycles. The molecule has 3 atom stereocenters. The van der Waals surface area contributed by atoms with E-state index in [0.29, 0.717) is 11.8 Å². The fraction of sp³-hybridized carbons (Fsp3) is 0.571. The lowest BCUT2D eigenvalue weighted by Gasteiger charge is -2.16. The number of carbonyl (C=O) groups is 1. The second-order valence-corrected chi connectivity index (χ2v) is 6.78. The summed E-state index contributed by atoms with van der Waals surface area (Å²) in [4.78, 5) is 18.1. The largest absolute Gasteiger partial charge is 0.311 e. The molecule has 2 heterocycles. The minimum absolute atomic E-state index is 0.161. The van der Waals surface area contributed by atoms with Crippen molar-refractivity contribution < 1.29 is 4.79 Å². The molecule has 0 aromatic carbocycles. The van der Waals surface area contributed by atoms with Crippen molar-refractivity contribution in [2.24, 2.45) is 17.8 Å². The number of aromatic nitrogens is 1. The highest BCUT2D eigenvalue weighted by molar-refractivity contribution is 7.15. The number of amides is 1. The van der Waals surface area contributed by atoms with Gasteiger partial charge in [0.25, 0.3) is 0 Å². The van der Waals surface area contributed by atoms with E-state index in [-0.39, 0.29) is 11.8 Å². The molecule has 3 aliphatic rings. The average Bonchev–Trinajstić information content (AvgIpc) is 3.12. The molecule has 2 aliphatic carbocycles. The van der Waals surface area contributed by atoms with Crippen molar-refractivity contribution in [3.63, 3.8) is 0 Å². The summed E-state index contributed by atoms with van der Waals surface area (Å²) in [5, 5.41) is 7.15. The van der Waals surface area contributed by atoms with Crippen LogP contribution in [-0.2, 0) is 17.8 Å². The summed E-state index contributed by atoms with van der Waals surface area (Å²) in [6, 6.07) is 0. The smallest absolute Gasteiger partial charge is 0.229 e. The van der Waals surface area contributed by atoms with Crippen LogP contribution in [0.4, 0.5) is 5.13 Å². The monoisotopic (exact) mass is 275 g/mol. The summed E-state index contributed by atoms with van der Waals surface area (Å²) in [5.41, 5.74) is 1.16. The maximum Gasteiger partial charge on any atom is 0.229 e. The van der Waals surface area contributed by atoms with Crippen LogP contribution in [0.15, 0.2) is 12.2 Å². The van der Waals surface area contributed by atoms with E-state index in [1.54, 1.807) is 11.3 Å². The van der Waals surface area contributed by atoms with Gasteiger partial charge in [-0.1, -0.05) is 12.2 Å². The number of nitrogens with one attached hydrogen (secondary N) is 2. The molecule has 4 rings (SSSR count). The number of hydrogen-bond acceptors (Lipinski definition) is 4. The van der Waals surface area contributed by atoms with E-state index >= 15 is 0 Å². The number of carbonyl (C=O) groups excluding carboxylic acids is 1. The zero-order valence-electron chi connectivity index (χ0n) is 10.7. The van der Waals surface area contributed by atoms with Crippen LogP contribution in [0, 0.1) is 17.8 Å². The van der Waals surface area contributed by atoms with Crippen molar-refractivity contribution >= 4 is 22.4 Å². The Hall–Kier alpha value is -1.20. The highest BCUT2D eigenvalue weighted by Crippen LogP contribution is 2.43. The molecule has 1 aromatic rings. The van der Waals surface area contributed by atoms with E-state index in [9.17, 15) is 4.79 Å². The van der Waals surface area contributed by atoms with Gasteiger partial charge in [0.2, 0.25) is 5.91 Å². The predicted molar refractivity (Wildman–Crippen MR) is 75.0 cm³/mol. The first-order valence-corrected chi connectivity index (χ1v) is 7.80. The van der Waals surface area contributed by atoms with Crippen LogP contribution >= 0.6 is 11.3 Å². The number of nitrogens with zero attached hydrogens (tertiary/aromatic N) is 1. The number of allylic oxidation sites excluding steroid dienone is 2. The molecule has 2 bridgehead atoms. The average molecular weight is 275 g/mol. The Balaban J connectivity index is 1.47. The molecule has 2 N–H and O–H groups in total. The van der Waals surface area contributed by atoms with E-state index in [2.05, 4.69) is 27.8 Å². The zero-order valence-corrected chi connectivity index (χ0v) is 11.5. The molecule has 1 saturated carbocycles. The molecule has 1 fully saturated rings. The van der Waals surface area contributed by atoms with Crippen LogP contribution < -0.4 is 10.6 Å². The first-order chi connectivity index (χ1) is 9.29. The zero-order chi connectivity index (χ0) is 12.8. The van der Waals surface area contributed by atoms with Gasteiger partial charge in [0.1, 0.15) is 0 Å². The Bertz CT molecular complexity index is 527. The lowest BCUT2D eigenvalue weighted by atomic mass is 9.93. The highest BCUT2D eigenvalue weighted by atomic mass is 32.1. The summed E-state index contributed by atoms with van der Waals surface area (Å²) in [6.45, 7) is 1.88. The van der Waals surface area contributed by atoms with E-state index in [0.717, 1.165) is 43.2 Å². The van der Waals surface area contributed by atoms with Gasteiger partial charge in [0.15, 0.2) is 5.13 Å². The van der Waals surface area contributed by atoms with Crippen LogP contribution in [0.25, 0.3) is 0 Å². The number of rotatable bonds is 2. The summed E-state index contributed by atoms with van der Waals surface area (Å²) < 4.78 is 0. The lowest BCUT2D eigenvalue weighted by Crippen LogP contribution is -2.25. The van der Waals surface area contributed by atoms with Gasteiger partial charge in [-0.2, -0.15) is 0 Å². The first kappa shape index (κ1) is 11.6. The minimum atomic E-state index is 0.161. The predicted octanol–water partition coefficient (Wildman–Crippen LogP) is 1.94. The molecule has 1 amide bonds. The highest BCUT2D eigenvalue weighted by Gasteiger charge is 2.40. The Labute approximate surface area is 116 Å². The maximum atomic E-state index is 12.3. The van der Waals surface area contributed by atoms with Crippen molar-refractivity contribution in [3.05, 3.63) is 22.7 Å². The summed E-state index contributed by atoms with van der Waals surface area (Å²) in [5.74, 6) is 1.42. The van der Waals surface area contributed by atoms with Gasteiger partial charge < -0.3 is 10.6 Å². The molecule has 19 heavy (non-hydrogen) atoms. The van der Waals surface area contributed by atoms with Crippen molar-refractivity contribution in [1.82, 2.24) is 10.3 Å². The number of anilines is 1. The summed E-state index contributed by atoms with van der Waals surface area (Å²) in [7, 11) is 0. The second-order valence-electron chi connectivity index (χ2n) is 5.69. The molecular weight excluding hydrogens is 258 g/mol. The van der Waals surface area contributed by atoms with E-state index in [4.69, 9.17) is 0 Å². The van der Waals surface area contributed by atoms with Crippen molar-refractivity contribution in [2.75, 3.05) is 11.9 Å². The molecule has 0 spiro atoms. The van der Waals surface area contributed by atoms with E-state index in [1.807, 2.05) is 0 Å². The lowest BCUT2D eigenvalue weighted by molar-refractivity contribution is -0.120. The van der Waals surface area contributed by atoms with Gasteiger partial charge in [-0.15, -0.1) is 11.3 Å². The Kier molecular flexibility index (Phi) is 2.70. The van der Waals surface area contributed by atoms with Gasteiger partial charge in [0.05, 0.1) is 5.69 Å². The molecule has 5 heteroatoms. The second kappa shape index (κ2) is 4.42. The molecule has 0 radical (unpaired) electrons. The molecule has 1 aliphatic heterocycles. The molecule has 100 valence electrons. The Morgan fingerprint density at radius 1 is 1.42 bits per heavy atom. The van der Waals surface area contributed by atoms with Crippen LogP contribution in [0.5, 0.6) is 0 Å². The SMILES string of the molecule is O=C(Nc1nc2c(s1)CNCC2)C1CC2C=CC1C2. The van der Waals surface area contributed by atoms with Crippen molar-refractivity contribution in [1.29, 1.82) is 0 Å². The fourth-order valence-electron chi connectivity index (χ4n) is 3.46. The topological polar surface area (TPSA) is 54.0 Å². The van der Waals surface area contributed by atoms with E-state index < -0.39 is 0 Å². The number of thiazole rings is 1. The minimum Gasteiger partial charge on any atom is -0.311 e. The third-order valence-electron chi connectivity index (χ3n) is 4.45. The van der Waals surface area contributed by atoms with Gasteiger partial charge in [-0.05, 0) is 24.7 Å². The summed E-state index contributed by atoms with van der Waals surface area (Å²) in [6.07, 6.45) is 7.63. The third kappa shape index (κ3) is 2.01. The molecule has 1 aromatic heterocycles. The Morgan fingerprint density at radius 2 is 2.37 bits per heavy atom. The van der Waals surface area contributed by atoms with Crippen molar-refractivity contribution in [3.8, 4) is 0 Å².